The van der Waals surface area contributed by atoms with Gasteiger partial charge in [0.05, 0.1) is 11.9 Å². The Morgan fingerprint density at radius 2 is 2.00 bits per heavy atom. The first-order valence-corrected chi connectivity index (χ1v) is 5.32. The third-order valence-corrected chi connectivity index (χ3v) is 2.43. The van der Waals surface area contributed by atoms with Gasteiger partial charge in [0.25, 0.3) is 0 Å². The zero-order chi connectivity index (χ0) is 13.1. The predicted molar refractivity (Wildman–Crippen MR) is 61.2 cm³/mol. The van der Waals surface area contributed by atoms with Crippen LogP contribution in [0.25, 0.3) is 0 Å². The number of halogens is 2. The van der Waals surface area contributed by atoms with Crippen LogP contribution in [0.1, 0.15) is 21.7 Å². The molecular weight excluding hydrogens is 238 g/mol. The molecule has 0 fully saturated rings. The van der Waals surface area contributed by atoms with Crippen molar-refractivity contribution in [2.75, 3.05) is 0 Å². The summed E-state index contributed by atoms with van der Waals surface area (Å²) in [6.45, 7) is 1.75. The zero-order valence-electron chi connectivity index (χ0n) is 9.65. The quantitative estimate of drug-likeness (QED) is 0.784. The molecule has 0 aliphatic rings. The molecule has 1 aromatic carbocycles. The van der Waals surface area contributed by atoms with E-state index in [9.17, 15) is 13.6 Å². The third-order valence-electron chi connectivity index (χ3n) is 2.43. The Bertz CT molecular complexity index is 582. The molecule has 1 heterocycles. The van der Waals surface area contributed by atoms with Crippen molar-refractivity contribution in [2.24, 2.45) is 0 Å². The van der Waals surface area contributed by atoms with Gasteiger partial charge in [-0.25, -0.2) is 13.8 Å². The first-order chi connectivity index (χ1) is 8.56. The number of aryl methyl sites for hydroxylation is 1. The first-order valence-electron chi connectivity index (χ1n) is 5.32. The maximum Gasteiger partial charge on any atom is 0.187 e. The number of carbonyl (C=O) groups excluding carboxylic acids is 1. The van der Waals surface area contributed by atoms with Crippen molar-refractivity contribution < 1.29 is 13.6 Å². The maximum atomic E-state index is 13.4. The standard InChI is InChI=1S/C13H10F2N2O/c1-8-6-17-12(7-16-8)13(18)4-9-2-3-10(14)5-11(9)15/h2-3,5-7H,4H2,1H3. The van der Waals surface area contributed by atoms with Gasteiger partial charge in [0.2, 0.25) is 0 Å². The lowest BCUT2D eigenvalue weighted by molar-refractivity contribution is 0.0986. The molecule has 1 aromatic heterocycles. The summed E-state index contributed by atoms with van der Waals surface area (Å²) in [7, 11) is 0. The van der Waals surface area contributed by atoms with Crippen LogP contribution in [0, 0.1) is 18.6 Å². The Hall–Kier alpha value is -2.17. The molecular formula is C13H10F2N2O. The highest BCUT2D eigenvalue weighted by Gasteiger charge is 2.12. The van der Waals surface area contributed by atoms with E-state index in [0.29, 0.717) is 5.69 Å². The predicted octanol–water partition coefficient (Wildman–Crippen LogP) is 2.49. The van der Waals surface area contributed by atoms with E-state index in [2.05, 4.69) is 9.97 Å². The number of rotatable bonds is 3. The average Bonchev–Trinajstić information content (AvgIpc) is 2.33. The molecule has 0 unspecified atom stereocenters. The molecule has 0 radical (unpaired) electrons. The Morgan fingerprint density at radius 1 is 1.22 bits per heavy atom. The van der Waals surface area contributed by atoms with Crippen LogP contribution in [0.3, 0.4) is 0 Å². The van der Waals surface area contributed by atoms with Crippen LogP contribution in [-0.4, -0.2) is 15.8 Å². The number of ketones is 1. The number of benzene rings is 1. The van der Waals surface area contributed by atoms with E-state index < -0.39 is 11.6 Å². The molecule has 0 bridgehead atoms. The van der Waals surface area contributed by atoms with Gasteiger partial charge >= 0.3 is 0 Å². The second kappa shape index (κ2) is 5.00. The molecule has 2 rings (SSSR count). The fourth-order valence-corrected chi connectivity index (χ4v) is 1.47. The van der Waals surface area contributed by atoms with Gasteiger partial charge in [0.15, 0.2) is 5.78 Å². The van der Waals surface area contributed by atoms with Crippen molar-refractivity contribution in [1.82, 2.24) is 9.97 Å². The lowest BCUT2D eigenvalue weighted by Crippen LogP contribution is -2.08. The number of aromatic nitrogens is 2. The minimum Gasteiger partial charge on any atom is -0.292 e. The van der Waals surface area contributed by atoms with Crippen molar-refractivity contribution in [1.29, 1.82) is 0 Å². The molecule has 0 amide bonds. The average molecular weight is 248 g/mol. The largest absolute Gasteiger partial charge is 0.292 e. The van der Waals surface area contributed by atoms with E-state index in [4.69, 9.17) is 0 Å². The Kier molecular flexibility index (Phi) is 3.41. The van der Waals surface area contributed by atoms with Gasteiger partial charge in [-0.3, -0.25) is 9.78 Å². The molecule has 0 saturated heterocycles. The molecule has 0 saturated carbocycles. The summed E-state index contributed by atoms with van der Waals surface area (Å²) in [6, 6.07) is 3.13. The third kappa shape index (κ3) is 2.74. The Balaban J connectivity index is 2.18. The first kappa shape index (κ1) is 12.3. The van der Waals surface area contributed by atoms with Crippen LogP contribution in [0.5, 0.6) is 0 Å². The normalized spacial score (nSPS) is 10.4. The van der Waals surface area contributed by atoms with E-state index in [1.807, 2.05) is 0 Å². The van der Waals surface area contributed by atoms with Gasteiger partial charge in [-0.2, -0.15) is 0 Å². The van der Waals surface area contributed by atoms with Crippen molar-refractivity contribution in [3.63, 3.8) is 0 Å². The van der Waals surface area contributed by atoms with Gasteiger partial charge in [-0.05, 0) is 18.6 Å². The van der Waals surface area contributed by atoms with Crippen LogP contribution in [0.2, 0.25) is 0 Å². The zero-order valence-corrected chi connectivity index (χ0v) is 9.65. The van der Waals surface area contributed by atoms with E-state index >= 15 is 0 Å². The second-order valence-electron chi connectivity index (χ2n) is 3.88. The van der Waals surface area contributed by atoms with Gasteiger partial charge < -0.3 is 0 Å². The van der Waals surface area contributed by atoms with Gasteiger partial charge in [0.1, 0.15) is 17.3 Å². The smallest absolute Gasteiger partial charge is 0.187 e. The highest BCUT2D eigenvalue weighted by Crippen LogP contribution is 2.12. The van der Waals surface area contributed by atoms with E-state index in [1.54, 1.807) is 6.92 Å². The fourth-order valence-electron chi connectivity index (χ4n) is 1.47. The highest BCUT2D eigenvalue weighted by atomic mass is 19.1. The summed E-state index contributed by atoms with van der Waals surface area (Å²) >= 11 is 0. The fraction of sp³-hybridized carbons (Fsp3) is 0.154. The molecule has 0 aliphatic heterocycles. The second-order valence-corrected chi connectivity index (χ2v) is 3.88. The van der Waals surface area contributed by atoms with Crippen LogP contribution in [0.4, 0.5) is 8.78 Å². The summed E-state index contributed by atoms with van der Waals surface area (Å²) in [4.78, 5) is 19.7. The number of Topliss-reactive ketones (excluding diaryl/α,β-unsaturated/α-hetero) is 1. The molecule has 18 heavy (non-hydrogen) atoms. The molecule has 2 aromatic rings. The summed E-state index contributed by atoms with van der Waals surface area (Å²) in [5.41, 5.74) is 1.01. The lowest BCUT2D eigenvalue weighted by Gasteiger charge is -2.02. The van der Waals surface area contributed by atoms with Crippen molar-refractivity contribution >= 4 is 5.78 Å². The maximum absolute atomic E-state index is 13.4. The lowest BCUT2D eigenvalue weighted by atomic mass is 10.1. The molecule has 0 spiro atoms. The SMILES string of the molecule is Cc1cnc(C(=O)Cc2ccc(F)cc2F)cn1. The van der Waals surface area contributed by atoms with Gasteiger partial charge in [-0.15, -0.1) is 0 Å². The summed E-state index contributed by atoms with van der Waals surface area (Å²) in [5, 5.41) is 0. The number of carbonyl (C=O) groups is 1. The van der Waals surface area contributed by atoms with Gasteiger partial charge in [0, 0.05) is 18.7 Å². The number of hydrogen-bond acceptors (Lipinski definition) is 3. The summed E-state index contributed by atoms with van der Waals surface area (Å²) in [5.74, 6) is -1.75. The molecule has 92 valence electrons. The van der Waals surface area contributed by atoms with Crippen LogP contribution in [0.15, 0.2) is 30.6 Å². The number of nitrogens with zero attached hydrogens (tertiary/aromatic N) is 2. The minimum atomic E-state index is -0.733. The van der Waals surface area contributed by atoms with E-state index in [0.717, 1.165) is 12.1 Å². The Labute approximate surface area is 103 Å². The molecule has 5 heteroatoms. The highest BCUT2D eigenvalue weighted by molar-refractivity contribution is 5.95. The van der Waals surface area contributed by atoms with Crippen molar-refractivity contribution in [2.45, 2.75) is 13.3 Å². The minimum absolute atomic E-state index is 0.142. The molecule has 0 atom stereocenters. The summed E-state index contributed by atoms with van der Waals surface area (Å²) in [6.07, 6.45) is 2.65. The Morgan fingerprint density at radius 3 is 2.61 bits per heavy atom. The monoisotopic (exact) mass is 248 g/mol. The van der Waals surface area contributed by atoms with Crippen LogP contribution < -0.4 is 0 Å². The topological polar surface area (TPSA) is 42.9 Å². The molecule has 3 nitrogen and oxygen atoms in total. The van der Waals surface area contributed by atoms with Crippen LogP contribution >= 0.6 is 0 Å². The van der Waals surface area contributed by atoms with Gasteiger partial charge in [-0.1, -0.05) is 6.07 Å². The van der Waals surface area contributed by atoms with E-state index in [-0.39, 0.29) is 23.5 Å². The van der Waals surface area contributed by atoms with Crippen molar-refractivity contribution in [3.8, 4) is 0 Å². The van der Waals surface area contributed by atoms with Crippen LogP contribution in [-0.2, 0) is 6.42 Å². The van der Waals surface area contributed by atoms with Crippen molar-refractivity contribution in [3.05, 3.63) is 59.2 Å². The molecule has 0 N–H and O–H groups in total. The van der Waals surface area contributed by atoms with E-state index in [1.165, 1.54) is 18.5 Å². The number of hydrogen-bond donors (Lipinski definition) is 0. The molecule has 0 aliphatic carbocycles. The summed E-state index contributed by atoms with van der Waals surface area (Å²) < 4.78 is 26.1.